The Morgan fingerprint density at radius 2 is 2.12 bits per heavy atom. The van der Waals surface area contributed by atoms with E-state index in [9.17, 15) is 9.90 Å². The summed E-state index contributed by atoms with van der Waals surface area (Å²) in [6, 6.07) is 6.95. The highest BCUT2D eigenvalue weighted by Crippen LogP contribution is 2.31. The standard InChI is InChI=1S/C12H7ClO3S/c13-17-6-5-8(14)11-12(17)10(15)7-3-1-2-4-9(7)16-11/h1-5H,6H2/p+1. The normalized spacial score (nSPS) is 18.9. The number of rotatable bonds is 0. The first-order valence-electron chi connectivity index (χ1n) is 5.01. The zero-order valence-electron chi connectivity index (χ0n) is 8.64. The first-order chi connectivity index (χ1) is 8.18. The molecule has 0 spiro atoms. The minimum absolute atomic E-state index is 0.00717. The highest BCUT2D eigenvalue weighted by atomic mass is 35.7. The van der Waals surface area contributed by atoms with Crippen molar-refractivity contribution in [3.63, 3.8) is 0 Å². The van der Waals surface area contributed by atoms with Crippen LogP contribution in [0.2, 0.25) is 0 Å². The Kier molecular flexibility index (Phi) is 2.42. The molecule has 0 fully saturated rings. The van der Waals surface area contributed by atoms with Gasteiger partial charge in [0.05, 0.1) is 5.39 Å². The molecule has 5 heteroatoms. The van der Waals surface area contributed by atoms with Crippen LogP contribution in [0, 0.1) is 0 Å². The Morgan fingerprint density at radius 1 is 1.35 bits per heavy atom. The molecule has 0 saturated heterocycles. The molecule has 3 nitrogen and oxygen atoms in total. The smallest absolute Gasteiger partial charge is 0.269 e. The van der Waals surface area contributed by atoms with Gasteiger partial charge in [-0.15, -0.1) is 0 Å². The van der Waals surface area contributed by atoms with Crippen LogP contribution in [-0.4, -0.2) is 10.9 Å². The van der Waals surface area contributed by atoms with Gasteiger partial charge in [-0.25, -0.2) is 0 Å². The van der Waals surface area contributed by atoms with E-state index in [2.05, 4.69) is 0 Å². The van der Waals surface area contributed by atoms with E-state index in [1.54, 1.807) is 30.3 Å². The van der Waals surface area contributed by atoms with E-state index in [1.807, 2.05) is 0 Å². The van der Waals surface area contributed by atoms with Gasteiger partial charge in [-0.05, 0) is 12.1 Å². The Bertz CT molecular complexity index is 690. The van der Waals surface area contributed by atoms with Gasteiger partial charge < -0.3 is 9.52 Å². The number of hydrogen-bond donors (Lipinski definition) is 1. The molecule has 86 valence electrons. The third kappa shape index (κ3) is 1.56. The summed E-state index contributed by atoms with van der Waals surface area (Å²) >= 11 is 0. The van der Waals surface area contributed by atoms with Gasteiger partial charge in [-0.2, -0.15) is 0 Å². The molecule has 0 saturated carbocycles. The van der Waals surface area contributed by atoms with Gasteiger partial charge in [0, 0.05) is 6.08 Å². The zero-order chi connectivity index (χ0) is 12.0. The second kappa shape index (κ2) is 3.82. The highest BCUT2D eigenvalue weighted by molar-refractivity contribution is 8.18. The Labute approximate surface area is 104 Å². The molecular formula is C12H8ClO3S+. The summed E-state index contributed by atoms with van der Waals surface area (Å²) in [6.45, 7) is 0. The molecule has 0 radical (unpaired) electrons. The maximum absolute atomic E-state index is 12.3. The van der Waals surface area contributed by atoms with Crippen molar-refractivity contribution in [2.75, 3.05) is 5.75 Å². The third-order valence-electron chi connectivity index (χ3n) is 2.63. The molecule has 1 aromatic carbocycles. The Balaban J connectivity index is 2.48. The molecule has 0 aliphatic carbocycles. The quantitative estimate of drug-likeness (QED) is 0.747. The summed E-state index contributed by atoms with van der Waals surface area (Å²) in [5, 5.41) is 10.2. The maximum Gasteiger partial charge on any atom is 0.269 e. The van der Waals surface area contributed by atoms with E-state index in [4.69, 9.17) is 15.1 Å². The molecule has 2 heterocycles. The van der Waals surface area contributed by atoms with Gasteiger partial charge in [-0.1, -0.05) is 12.1 Å². The van der Waals surface area contributed by atoms with E-state index in [0.29, 0.717) is 21.6 Å². The van der Waals surface area contributed by atoms with Gasteiger partial charge in [-0.3, -0.25) is 4.79 Å². The summed E-state index contributed by atoms with van der Waals surface area (Å²) in [7, 11) is 5.41. The molecule has 17 heavy (non-hydrogen) atoms. The SMILES string of the molecule is O=c1c2c(oc3ccccc13)C(O)=CC[S+]2Cl. The van der Waals surface area contributed by atoms with Crippen LogP contribution in [-0.2, 0) is 10.1 Å². The van der Waals surface area contributed by atoms with Crippen molar-refractivity contribution in [3.8, 4) is 0 Å². The molecule has 3 rings (SSSR count). The van der Waals surface area contributed by atoms with Crippen molar-refractivity contribution >= 4 is 37.5 Å². The van der Waals surface area contributed by atoms with Crippen molar-refractivity contribution in [1.82, 2.24) is 0 Å². The number of aliphatic hydroxyl groups excluding tert-OH is 1. The fraction of sp³-hybridized carbons (Fsp3) is 0.0833. The molecule has 1 aliphatic heterocycles. The van der Waals surface area contributed by atoms with Gasteiger partial charge >= 0.3 is 0 Å². The minimum atomic E-state index is -0.724. The number of para-hydroxylation sites is 1. The lowest BCUT2D eigenvalue weighted by molar-refractivity contribution is 0.457. The predicted molar refractivity (Wildman–Crippen MR) is 69.4 cm³/mol. The Hall–Kier alpha value is -1.39. The van der Waals surface area contributed by atoms with Crippen LogP contribution in [0.25, 0.3) is 16.7 Å². The first-order valence-corrected chi connectivity index (χ1v) is 7.23. The largest absolute Gasteiger partial charge is 0.504 e. The number of hydrogen-bond acceptors (Lipinski definition) is 3. The van der Waals surface area contributed by atoms with Crippen molar-refractivity contribution in [3.05, 3.63) is 46.3 Å². The second-order valence-electron chi connectivity index (χ2n) is 3.67. The number of fused-ring (bicyclic) bond motifs is 2. The predicted octanol–water partition coefficient (Wildman–Crippen LogP) is 2.84. The number of halogens is 1. The van der Waals surface area contributed by atoms with Crippen LogP contribution >= 0.6 is 10.7 Å². The summed E-state index contributed by atoms with van der Waals surface area (Å²) in [4.78, 5) is 12.6. The first kappa shape index (κ1) is 10.7. The summed E-state index contributed by atoms with van der Waals surface area (Å²) < 4.78 is 5.55. The topological polar surface area (TPSA) is 50.4 Å². The van der Waals surface area contributed by atoms with E-state index in [0.717, 1.165) is 0 Å². The van der Waals surface area contributed by atoms with Crippen LogP contribution < -0.4 is 5.43 Å². The molecule has 1 aromatic heterocycles. The molecule has 1 aliphatic rings. The van der Waals surface area contributed by atoms with Crippen LogP contribution in [0.4, 0.5) is 0 Å². The monoisotopic (exact) mass is 267 g/mol. The summed E-state index contributed by atoms with van der Waals surface area (Å²) in [6.07, 6.45) is 1.58. The fourth-order valence-corrected chi connectivity index (χ4v) is 3.56. The molecule has 1 unspecified atom stereocenters. The van der Waals surface area contributed by atoms with Crippen molar-refractivity contribution in [2.45, 2.75) is 4.90 Å². The van der Waals surface area contributed by atoms with E-state index < -0.39 is 10.1 Å². The van der Waals surface area contributed by atoms with E-state index in [-0.39, 0.29) is 16.9 Å². The van der Waals surface area contributed by atoms with Crippen LogP contribution in [0.3, 0.4) is 0 Å². The molecule has 1 N–H and O–H groups in total. The van der Waals surface area contributed by atoms with Gasteiger partial charge in [0.25, 0.3) is 4.90 Å². The van der Waals surface area contributed by atoms with Gasteiger partial charge in [0.2, 0.25) is 11.2 Å². The lowest BCUT2D eigenvalue weighted by Crippen LogP contribution is -2.19. The zero-order valence-corrected chi connectivity index (χ0v) is 10.2. The van der Waals surface area contributed by atoms with Crippen LogP contribution in [0.1, 0.15) is 5.76 Å². The fourth-order valence-electron chi connectivity index (χ4n) is 1.82. The highest BCUT2D eigenvalue weighted by Gasteiger charge is 2.36. The van der Waals surface area contributed by atoms with Crippen molar-refractivity contribution < 1.29 is 9.52 Å². The summed E-state index contributed by atoms with van der Waals surface area (Å²) in [5.41, 5.74) is 0.312. The number of benzene rings is 1. The average Bonchev–Trinajstić information content (AvgIpc) is 2.34. The molecule has 2 aromatic rings. The lowest BCUT2D eigenvalue weighted by atomic mass is 10.2. The maximum atomic E-state index is 12.3. The second-order valence-corrected chi connectivity index (χ2v) is 6.19. The molecule has 0 bridgehead atoms. The molecular weight excluding hydrogens is 260 g/mol. The average molecular weight is 268 g/mol. The van der Waals surface area contributed by atoms with Gasteiger partial charge in [0.1, 0.15) is 5.58 Å². The molecule has 1 atom stereocenters. The number of aliphatic hydroxyl groups is 1. The van der Waals surface area contributed by atoms with E-state index in [1.165, 1.54) is 0 Å². The van der Waals surface area contributed by atoms with Crippen molar-refractivity contribution in [1.29, 1.82) is 0 Å². The van der Waals surface area contributed by atoms with E-state index >= 15 is 0 Å². The third-order valence-corrected chi connectivity index (χ3v) is 4.75. The van der Waals surface area contributed by atoms with Crippen LogP contribution in [0.5, 0.6) is 0 Å². The van der Waals surface area contributed by atoms with Gasteiger partial charge in [0.15, 0.2) is 32.3 Å². The van der Waals surface area contributed by atoms with Crippen LogP contribution in [0.15, 0.2) is 44.4 Å². The lowest BCUT2D eigenvalue weighted by Gasteiger charge is -2.09. The minimum Gasteiger partial charge on any atom is -0.504 e. The molecule has 0 amide bonds. The van der Waals surface area contributed by atoms with Crippen molar-refractivity contribution in [2.24, 2.45) is 0 Å². The summed E-state index contributed by atoms with van der Waals surface area (Å²) in [5.74, 6) is 0.661. The Morgan fingerprint density at radius 3 is 2.94 bits per heavy atom.